The minimum Gasteiger partial charge on any atom is -0.472 e. The van der Waals surface area contributed by atoms with Crippen molar-refractivity contribution in [2.45, 2.75) is 18.7 Å². The average Bonchev–Trinajstić information content (AvgIpc) is 3.02. The van der Waals surface area contributed by atoms with Gasteiger partial charge in [0.15, 0.2) is 0 Å². The highest BCUT2D eigenvalue weighted by atomic mass is 35.5. The Morgan fingerprint density at radius 3 is 2.72 bits per heavy atom. The van der Waals surface area contributed by atoms with Crippen LogP contribution < -0.4 is 9.64 Å². The molecule has 8 heteroatoms. The molecule has 0 saturated carbocycles. The molecule has 0 spiro atoms. The number of alkyl halides is 3. The van der Waals surface area contributed by atoms with Gasteiger partial charge in [-0.05, 0) is 18.2 Å². The maximum atomic E-state index is 12.5. The van der Waals surface area contributed by atoms with E-state index in [-0.39, 0.29) is 12.0 Å². The summed E-state index contributed by atoms with van der Waals surface area (Å²) in [4.78, 5) is 5.66. The summed E-state index contributed by atoms with van der Waals surface area (Å²) < 4.78 is 43.3. The molecule has 0 amide bonds. The van der Waals surface area contributed by atoms with Crippen molar-refractivity contribution in [3.8, 4) is 11.9 Å². The number of rotatable bonds is 3. The first kappa shape index (κ1) is 17.4. The van der Waals surface area contributed by atoms with E-state index in [1.165, 1.54) is 6.07 Å². The van der Waals surface area contributed by atoms with Crippen LogP contribution in [0, 0.1) is 11.3 Å². The van der Waals surface area contributed by atoms with E-state index >= 15 is 0 Å². The lowest BCUT2D eigenvalue weighted by Gasteiger charge is -2.21. The lowest BCUT2D eigenvalue weighted by Crippen LogP contribution is -2.25. The van der Waals surface area contributed by atoms with Crippen LogP contribution in [0.2, 0.25) is 5.02 Å². The minimum atomic E-state index is -4.42. The molecule has 25 heavy (non-hydrogen) atoms. The molecular formula is C17H13ClF3N3O. The molecular weight excluding hydrogens is 355 g/mol. The van der Waals surface area contributed by atoms with Gasteiger partial charge in [0.25, 0.3) is 0 Å². The lowest BCUT2D eigenvalue weighted by atomic mass is 10.2. The van der Waals surface area contributed by atoms with E-state index in [4.69, 9.17) is 16.3 Å². The van der Waals surface area contributed by atoms with Gasteiger partial charge in [-0.1, -0.05) is 17.7 Å². The number of halogens is 4. The van der Waals surface area contributed by atoms with Gasteiger partial charge in [-0.3, -0.25) is 0 Å². The second-order valence-corrected chi connectivity index (χ2v) is 6.01. The third kappa shape index (κ3) is 3.80. The topological polar surface area (TPSA) is 49.2 Å². The summed E-state index contributed by atoms with van der Waals surface area (Å²) in [7, 11) is 0. The van der Waals surface area contributed by atoms with Gasteiger partial charge in [0.05, 0.1) is 28.4 Å². The Labute approximate surface area is 147 Å². The number of nitriles is 1. The fourth-order valence-corrected chi connectivity index (χ4v) is 3.04. The maximum absolute atomic E-state index is 12.5. The number of aromatic nitrogens is 1. The number of nitrogens with zero attached hydrogens (tertiary/aromatic N) is 3. The van der Waals surface area contributed by atoms with Crippen LogP contribution in [0.25, 0.3) is 0 Å². The van der Waals surface area contributed by atoms with E-state index in [0.717, 1.165) is 12.3 Å². The molecule has 130 valence electrons. The van der Waals surface area contributed by atoms with E-state index in [1.807, 2.05) is 4.90 Å². The molecule has 0 unspecified atom stereocenters. The summed E-state index contributed by atoms with van der Waals surface area (Å²) in [5, 5.41) is 9.71. The highest BCUT2D eigenvalue weighted by Crippen LogP contribution is 2.33. The smallest absolute Gasteiger partial charge is 0.417 e. The van der Waals surface area contributed by atoms with Crippen molar-refractivity contribution >= 4 is 17.3 Å². The van der Waals surface area contributed by atoms with E-state index < -0.39 is 11.7 Å². The van der Waals surface area contributed by atoms with Crippen LogP contribution >= 0.6 is 11.6 Å². The first-order valence-corrected chi connectivity index (χ1v) is 7.90. The molecule has 1 atom stereocenters. The maximum Gasteiger partial charge on any atom is 0.417 e. The fourth-order valence-electron chi connectivity index (χ4n) is 2.74. The van der Waals surface area contributed by atoms with Crippen LogP contribution in [0.5, 0.6) is 5.88 Å². The lowest BCUT2D eigenvalue weighted by molar-refractivity contribution is -0.137. The molecule has 2 aromatic rings. The number of para-hydroxylation sites is 1. The van der Waals surface area contributed by atoms with Gasteiger partial charge in [0, 0.05) is 25.2 Å². The third-order valence-corrected chi connectivity index (χ3v) is 4.22. The largest absolute Gasteiger partial charge is 0.472 e. The second kappa shape index (κ2) is 6.81. The van der Waals surface area contributed by atoms with Gasteiger partial charge in [-0.25, -0.2) is 4.98 Å². The third-order valence-electron chi connectivity index (χ3n) is 3.92. The Hall–Kier alpha value is -2.46. The van der Waals surface area contributed by atoms with Crippen molar-refractivity contribution in [2.24, 2.45) is 0 Å². The summed E-state index contributed by atoms with van der Waals surface area (Å²) in [5.41, 5.74) is 0.307. The van der Waals surface area contributed by atoms with E-state index in [1.54, 1.807) is 18.2 Å². The highest BCUT2D eigenvalue weighted by molar-refractivity contribution is 6.33. The van der Waals surface area contributed by atoms with Crippen molar-refractivity contribution in [2.75, 3.05) is 18.0 Å². The molecule has 1 aliphatic rings. The zero-order valence-electron chi connectivity index (χ0n) is 12.9. The molecule has 0 bridgehead atoms. The Morgan fingerprint density at radius 2 is 2.08 bits per heavy atom. The fraction of sp³-hybridized carbons (Fsp3) is 0.294. The van der Waals surface area contributed by atoms with Crippen LogP contribution in [0.3, 0.4) is 0 Å². The minimum absolute atomic E-state index is 0.138. The number of anilines is 1. The van der Waals surface area contributed by atoms with Crippen LogP contribution in [0.1, 0.15) is 17.5 Å². The van der Waals surface area contributed by atoms with Gasteiger partial charge in [0.1, 0.15) is 12.2 Å². The molecule has 0 N–H and O–H groups in total. The van der Waals surface area contributed by atoms with Crippen molar-refractivity contribution in [3.05, 3.63) is 52.7 Å². The summed E-state index contributed by atoms with van der Waals surface area (Å²) in [6.45, 7) is 1.10. The summed E-state index contributed by atoms with van der Waals surface area (Å²) in [6, 6.07) is 9.37. The number of hydrogen-bond donors (Lipinski definition) is 0. The second-order valence-electron chi connectivity index (χ2n) is 5.61. The monoisotopic (exact) mass is 367 g/mol. The summed E-state index contributed by atoms with van der Waals surface area (Å²) in [5.74, 6) is 0.138. The molecule has 1 fully saturated rings. The molecule has 2 heterocycles. The van der Waals surface area contributed by atoms with Crippen molar-refractivity contribution < 1.29 is 17.9 Å². The quantitative estimate of drug-likeness (QED) is 0.812. The van der Waals surface area contributed by atoms with Gasteiger partial charge >= 0.3 is 6.18 Å². The zero-order valence-corrected chi connectivity index (χ0v) is 13.7. The Kier molecular flexibility index (Phi) is 4.73. The Bertz CT molecular complexity index is 802. The molecule has 0 aliphatic carbocycles. The van der Waals surface area contributed by atoms with Crippen molar-refractivity contribution in [1.82, 2.24) is 4.98 Å². The number of pyridine rings is 1. The standard InChI is InChI=1S/C17H13ClF3N3O/c18-14-3-1-2-11(8-22)16(14)24-7-6-13(10-24)25-15-5-4-12(9-23-15)17(19,20)21/h1-5,9,13H,6-7,10H2/t13-/m0/s1. The van der Waals surface area contributed by atoms with Gasteiger partial charge in [-0.15, -0.1) is 0 Å². The first-order valence-electron chi connectivity index (χ1n) is 7.52. The van der Waals surface area contributed by atoms with E-state index in [2.05, 4.69) is 11.1 Å². The molecule has 0 radical (unpaired) electrons. The first-order chi connectivity index (χ1) is 11.9. The van der Waals surface area contributed by atoms with E-state index in [9.17, 15) is 18.4 Å². The van der Waals surface area contributed by atoms with Crippen molar-refractivity contribution in [1.29, 1.82) is 5.26 Å². The zero-order chi connectivity index (χ0) is 18.0. The summed E-state index contributed by atoms with van der Waals surface area (Å²) >= 11 is 6.20. The number of ether oxygens (including phenoxy) is 1. The van der Waals surface area contributed by atoms with Crippen LogP contribution in [-0.4, -0.2) is 24.2 Å². The molecule has 1 aliphatic heterocycles. The van der Waals surface area contributed by atoms with Gasteiger partial charge in [0.2, 0.25) is 5.88 Å². The molecule has 4 nitrogen and oxygen atoms in total. The molecule has 3 rings (SSSR count). The van der Waals surface area contributed by atoms with Crippen LogP contribution in [0.4, 0.5) is 18.9 Å². The van der Waals surface area contributed by atoms with E-state index in [0.29, 0.717) is 35.8 Å². The Morgan fingerprint density at radius 1 is 1.28 bits per heavy atom. The highest BCUT2D eigenvalue weighted by Gasteiger charge is 2.31. The normalized spacial score (nSPS) is 17.4. The average molecular weight is 368 g/mol. The predicted octanol–water partition coefficient (Wildman–Crippen LogP) is 4.28. The SMILES string of the molecule is N#Cc1cccc(Cl)c1N1CC[C@H](Oc2ccc(C(F)(F)F)cn2)C1. The predicted molar refractivity (Wildman–Crippen MR) is 86.7 cm³/mol. The molecule has 1 aromatic heterocycles. The van der Waals surface area contributed by atoms with Crippen LogP contribution in [-0.2, 0) is 6.18 Å². The number of benzene rings is 1. The van der Waals surface area contributed by atoms with Crippen molar-refractivity contribution in [3.63, 3.8) is 0 Å². The number of hydrogen-bond acceptors (Lipinski definition) is 4. The molecule has 1 aromatic carbocycles. The molecule has 1 saturated heterocycles. The summed E-state index contributed by atoms with van der Waals surface area (Å²) in [6.07, 6.45) is -3.26. The Balaban J connectivity index is 1.69. The van der Waals surface area contributed by atoms with Gasteiger partial charge < -0.3 is 9.64 Å². The van der Waals surface area contributed by atoms with Gasteiger partial charge in [-0.2, -0.15) is 18.4 Å². The van der Waals surface area contributed by atoms with Crippen LogP contribution in [0.15, 0.2) is 36.5 Å².